The van der Waals surface area contributed by atoms with Crippen molar-refractivity contribution >= 4 is 35.5 Å². The van der Waals surface area contributed by atoms with Crippen molar-refractivity contribution in [1.82, 2.24) is 4.98 Å². The standard InChI is InChI=1S/C13H11N2P/c1-8-2-4-12-10(6-8)11-7-9(16-14)3-5-13(11)15-12/h2-7,14-15H,1H3. The van der Waals surface area contributed by atoms with Gasteiger partial charge in [-0.15, -0.1) is 0 Å². The fourth-order valence-corrected chi connectivity index (χ4v) is 2.41. The van der Waals surface area contributed by atoms with Crippen molar-refractivity contribution in [1.29, 1.82) is 5.16 Å². The molecule has 1 aromatic heterocycles. The summed E-state index contributed by atoms with van der Waals surface area (Å²) in [5, 5.41) is 10.9. The van der Waals surface area contributed by atoms with Crippen LogP contribution in [0.15, 0.2) is 36.4 Å². The molecule has 2 nitrogen and oxygen atoms in total. The van der Waals surface area contributed by atoms with E-state index in [2.05, 4.69) is 42.2 Å². The Bertz CT molecular complexity index is 698. The highest BCUT2D eigenvalue weighted by atomic mass is 31.1. The number of H-pyrrole nitrogens is 1. The second-order valence-corrected chi connectivity index (χ2v) is 4.76. The number of fused-ring (bicyclic) bond motifs is 3. The number of hydrogen-bond donors (Lipinski definition) is 2. The van der Waals surface area contributed by atoms with Gasteiger partial charge in [-0.2, -0.15) is 0 Å². The van der Waals surface area contributed by atoms with Crippen molar-refractivity contribution in [2.75, 3.05) is 0 Å². The van der Waals surface area contributed by atoms with Crippen LogP contribution in [0.2, 0.25) is 0 Å². The monoisotopic (exact) mass is 226 g/mol. The van der Waals surface area contributed by atoms with Gasteiger partial charge >= 0.3 is 0 Å². The number of aromatic amines is 1. The van der Waals surface area contributed by atoms with Crippen LogP contribution in [0, 0.1) is 12.1 Å². The van der Waals surface area contributed by atoms with Crippen LogP contribution < -0.4 is 5.30 Å². The summed E-state index contributed by atoms with van der Waals surface area (Å²) >= 11 is 0. The van der Waals surface area contributed by atoms with Gasteiger partial charge in [0, 0.05) is 35.5 Å². The highest BCUT2D eigenvalue weighted by Crippen LogP contribution is 2.25. The molecule has 0 spiro atoms. The van der Waals surface area contributed by atoms with Crippen LogP contribution in [0.25, 0.3) is 21.8 Å². The van der Waals surface area contributed by atoms with Gasteiger partial charge in [0.15, 0.2) is 0 Å². The summed E-state index contributed by atoms with van der Waals surface area (Å²) in [7, 11) is 0.573. The summed E-state index contributed by atoms with van der Waals surface area (Å²) in [5.41, 5.74) is 3.58. The normalized spacial score (nSPS) is 11.6. The maximum absolute atomic E-state index is 7.38. The minimum atomic E-state index is 0.573. The summed E-state index contributed by atoms with van der Waals surface area (Å²) in [4.78, 5) is 3.39. The minimum Gasteiger partial charge on any atom is -0.355 e. The van der Waals surface area contributed by atoms with Gasteiger partial charge in [0.2, 0.25) is 0 Å². The molecular weight excluding hydrogens is 215 g/mol. The molecule has 0 atom stereocenters. The van der Waals surface area contributed by atoms with Crippen molar-refractivity contribution in [2.24, 2.45) is 0 Å². The van der Waals surface area contributed by atoms with Crippen molar-refractivity contribution in [3.8, 4) is 0 Å². The Morgan fingerprint density at radius 2 is 1.69 bits per heavy atom. The molecule has 2 N–H and O–H groups in total. The third-order valence-electron chi connectivity index (χ3n) is 2.87. The molecule has 0 aliphatic carbocycles. The van der Waals surface area contributed by atoms with Crippen molar-refractivity contribution < 1.29 is 0 Å². The summed E-state index contributed by atoms with van der Waals surface area (Å²) < 4.78 is 0. The highest BCUT2D eigenvalue weighted by molar-refractivity contribution is 7.35. The molecule has 0 radical (unpaired) electrons. The zero-order valence-electron chi connectivity index (χ0n) is 8.91. The van der Waals surface area contributed by atoms with Crippen LogP contribution in [0.4, 0.5) is 0 Å². The van der Waals surface area contributed by atoms with Gasteiger partial charge in [-0.1, -0.05) is 11.6 Å². The lowest BCUT2D eigenvalue weighted by molar-refractivity contribution is 1.49. The lowest BCUT2D eigenvalue weighted by atomic mass is 10.1. The Morgan fingerprint density at radius 1 is 1.00 bits per heavy atom. The Labute approximate surface area is 95.0 Å². The fraction of sp³-hybridized carbons (Fsp3) is 0.0769. The zero-order chi connectivity index (χ0) is 11.1. The molecule has 0 saturated carbocycles. The van der Waals surface area contributed by atoms with Crippen LogP contribution in [0.3, 0.4) is 0 Å². The second-order valence-electron chi connectivity index (χ2n) is 4.02. The van der Waals surface area contributed by atoms with E-state index >= 15 is 0 Å². The third-order valence-corrected chi connectivity index (χ3v) is 3.40. The molecule has 3 heteroatoms. The molecular formula is C13H11N2P. The molecule has 1 heterocycles. The molecule has 0 saturated heterocycles. The first-order valence-electron chi connectivity index (χ1n) is 5.17. The maximum atomic E-state index is 7.38. The summed E-state index contributed by atoms with van der Waals surface area (Å²) in [6, 6.07) is 12.6. The number of nitrogens with one attached hydrogen (secondary N) is 2. The van der Waals surface area contributed by atoms with Gasteiger partial charge in [0.25, 0.3) is 0 Å². The molecule has 16 heavy (non-hydrogen) atoms. The van der Waals surface area contributed by atoms with Gasteiger partial charge in [-0.05, 0) is 37.3 Å². The topological polar surface area (TPSA) is 39.6 Å². The molecule has 2 aromatic carbocycles. The predicted octanol–water partition coefficient (Wildman–Crippen LogP) is 3.96. The van der Waals surface area contributed by atoms with E-state index in [1.807, 2.05) is 6.07 Å². The number of hydrogen-bond acceptors (Lipinski definition) is 1. The SMILES string of the molecule is Cc1ccc2[nH]c3ccc(P=N)cc3c2c1. The molecule has 0 bridgehead atoms. The van der Waals surface area contributed by atoms with Gasteiger partial charge < -0.3 is 4.98 Å². The molecule has 0 amide bonds. The average molecular weight is 226 g/mol. The lowest BCUT2D eigenvalue weighted by Crippen LogP contribution is -1.87. The molecule has 0 aliphatic rings. The van der Waals surface area contributed by atoms with E-state index in [4.69, 9.17) is 5.16 Å². The highest BCUT2D eigenvalue weighted by Gasteiger charge is 2.04. The van der Waals surface area contributed by atoms with E-state index in [1.54, 1.807) is 0 Å². The third kappa shape index (κ3) is 1.35. The Balaban J connectivity index is 2.49. The largest absolute Gasteiger partial charge is 0.355 e. The Kier molecular flexibility index (Phi) is 2.05. The maximum Gasteiger partial charge on any atom is 0.0465 e. The van der Waals surface area contributed by atoms with Gasteiger partial charge in [0.05, 0.1) is 0 Å². The minimum absolute atomic E-state index is 0.573. The molecule has 3 rings (SSSR count). The number of rotatable bonds is 1. The van der Waals surface area contributed by atoms with Gasteiger partial charge in [0.1, 0.15) is 0 Å². The van der Waals surface area contributed by atoms with Crippen molar-refractivity contribution in [2.45, 2.75) is 6.92 Å². The van der Waals surface area contributed by atoms with Crippen molar-refractivity contribution in [3.63, 3.8) is 0 Å². The van der Waals surface area contributed by atoms with Gasteiger partial charge in [-0.25, -0.2) is 0 Å². The smallest absolute Gasteiger partial charge is 0.0465 e. The second kappa shape index (κ2) is 3.43. The van der Waals surface area contributed by atoms with Crippen LogP contribution in [-0.4, -0.2) is 4.98 Å². The number of benzene rings is 2. The molecule has 0 aliphatic heterocycles. The molecule has 0 fully saturated rings. The fourth-order valence-electron chi connectivity index (χ4n) is 2.07. The van der Waals surface area contributed by atoms with Crippen LogP contribution in [0.5, 0.6) is 0 Å². The summed E-state index contributed by atoms with van der Waals surface area (Å²) in [6.45, 7) is 2.10. The van der Waals surface area contributed by atoms with Crippen LogP contribution >= 0.6 is 8.37 Å². The number of aryl methyl sites for hydroxylation is 1. The van der Waals surface area contributed by atoms with Crippen LogP contribution in [0.1, 0.15) is 5.56 Å². The van der Waals surface area contributed by atoms with E-state index in [0.29, 0.717) is 8.37 Å². The van der Waals surface area contributed by atoms with E-state index < -0.39 is 0 Å². The van der Waals surface area contributed by atoms with Crippen LogP contribution in [-0.2, 0) is 0 Å². The zero-order valence-corrected chi connectivity index (χ0v) is 9.81. The first-order valence-corrected chi connectivity index (χ1v) is 6.07. The van der Waals surface area contributed by atoms with E-state index in [1.165, 1.54) is 21.9 Å². The Morgan fingerprint density at radius 3 is 2.44 bits per heavy atom. The van der Waals surface area contributed by atoms with E-state index in [0.717, 1.165) is 10.8 Å². The summed E-state index contributed by atoms with van der Waals surface area (Å²) in [5.74, 6) is 0. The van der Waals surface area contributed by atoms with E-state index in [-0.39, 0.29) is 0 Å². The first-order chi connectivity index (χ1) is 7.78. The van der Waals surface area contributed by atoms with E-state index in [9.17, 15) is 0 Å². The predicted molar refractivity (Wildman–Crippen MR) is 69.8 cm³/mol. The Hall–Kier alpha value is -1.66. The molecule has 3 aromatic rings. The first kappa shape index (κ1) is 9.56. The average Bonchev–Trinajstić information content (AvgIpc) is 2.66. The van der Waals surface area contributed by atoms with Gasteiger partial charge in [-0.3, -0.25) is 5.16 Å². The lowest BCUT2D eigenvalue weighted by Gasteiger charge is -1.94. The molecule has 0 unspecified atom stereocenters. The number of aromatic nitrogens is 1. The quantitative estimate of drug-likeness (QED) is 0.589. The van der Waals surface area contributed by atoms with Crippen molar-refractivity contribution in [3.05, 3.63) is 42.0 Å². The summed E-state index contributed by atoms with van der Waals surface area (Å²) in [6.07, 6.45) is 0. The molecule has 78 valence electrons.